The van der Waals surface area contributed by atoms with Crippen molar-refractivity contribution in [1.82, 2.24) is 4.98 Å². The minimum Gasteiger partial charge on any atom is -0.508 e. The third-order valence-electron chi connectivity index (χ3n) is 3.74. The molecule has 24 heavy (non-hydrogen) atoms. The van der Waals surface area contributed by atoms with Crippen molar-refractivity contribution in [3.05, 3.63) is 59.8 Å². The second kappa shape index (κ2) is 6.58. The first kappa shape index (κ1) is 15.8. The monoisotopic (exact) mass is 322 g/mol. The van der Waals surface area contributed by atoms with Crippen molar-refractivity contribution in [2.45, 2.75) is 13.8 Å². The minimum absolute atomic E-state index is 0.189. The number of anilines is 2. The Balaban J connectivity index is 2.05. The number of carbonyl (C=O) groups is 1. The summed E-state index contributed by atoms with van der Waals surface area (Å²) in [5.41, 5.74) is 3.85. The molecule has 0 unspecified atom stereocenters. The van der Waals surface area contributed by atoms with Gasteiger partial charge in [0.1, 0.15) is 5.75 Å². The number of nitrogens with zero attached hydrogens (tertiary/aromatic N) is 1. The molecule has 0 spiro atoms. The predicted molar refractivity (Wildman–Crippen MR) is 93.8 cm³/mol. The van der Waals surface area contributed by atoms with E-state index in [4.69, 9.17) is 4.74 Å². The molecular formula is C19H18N2O3. The Kier molecular flexibility index (Phi) is 4.33. The molecule has 0 aliphatic carbocycles. The van der Waals surface area contributed by atoms with Gasteiger partial charge in [0.15, 0.2) is 0 Å². The first-order chi connectivity index (χ1) is 11.6. The maximum atomic E-state index is 12.0. The number of benzene rings is 2. The molecule has 3 rings (SSSR count). The van der Waals surface area contributed by atoms with Crippen LogP contribution in [0.4, 0.5) is 11.4 Å². The summed E-state index contributed by atoms with van der Waals surface area (Å²) in [6, 6.07) is 12.2. The van der Waals surface area contributed by atoms with Crippen molar-refractivity contribution >= 4 is 28.2 Å². The number of phenols is 1. The van der Waals surface area contributed by atoms with Gasteiger partial charge in [-0.25, -0.2) is 4.79 Å². The van der Waals surface area contributed by atoms with E-state index in [0.717, 1.165) is 27.8 Å². The maximum Gasteiger partial charge on any atom is 0.338 e. The summed E-state index contributed by atoms with van der Waals surface area (Å²) in [6.45, 7) is 4.06. The van der Waals surface area contributed by atoms with Gasteiger partial charge in [0.2, 0.25) is 0 Å². The zero-order valence-electron chi connectivity index (χ0n) is 13.5. The van der Waals surface area contributed by atoms with E-state index in [2.05, 4.69) is 10.3 Å². The van der Waals surface area contributed by atoms with Gasteiger partial charge in [-0.2, -0.15) is 0 Å². The van der Waals surface area contributed by atoms with Crippen LogP contribution in [0.5, 0.6) is 5.75 Å². The third kappa shape index (κ3) is 3.15. The van der Waals surface area contributed by atoms with E-state index in [1.54, 1.807) is 43.5 Å². The second-order valence-corrected chi connectivity index (χ2v) is 5.44. The molecule has 0 atom stereocenters. The molecule has 3 aromatic rings. The van der Waals surface area contributed by atoms with Crippen LogP contribution in [-0.4, -0.2) is 22.7 Å². The first-order valence-electron chi connectivity index (χ1n) is 7.71. The molecule has 0 radical (unpaired) electrons. The lowest BCUT2D eigenvalue weighted by atomic mass is 10.1. The van der Waals surface area contributed by atoms with Gasteiger partial charge in [-0.1, -0.05) is 6.07 Å². The number of esters is 1. The van der Waals surface area contributed by atoms with E-state index < -0.39 is 0 Å². The summed E-state index contributed by atoms with van der Waals surface area (Å²) < 4.78 is 5.06. The number of aromatic hydroxyl groups is 1. The van der Waals surface area contributed by atoms with Crippen molar-refractivity contribution in [1.29, 1.82) is 0 Å². The van der Waals surface area contributed by atoms with E-state index in [1.807, 2.05) is 19.1 Å². The van der Waals surface area contributed by atoms with Gasteiger partial charge in [0.25, 0.3) is 0 Å². The van der Waals surface area contributed by atoms with E-state index in [1.165, 1.54) is 0 Å². The Morgan fingerprint density at radius 2 is 2.00 bits per heavy atom. The molecule has 2 aromatic carbocycles. The standard InChI is InChI=1S/C19H18N2O3/c1-3-24-19(23)13-5-7-16-15(10-13)17(8-9-20-16)21-18-11-14(22)6-4-12(18)2/h4-11,22H,3H2,1-2H3,(H,20,21). The highest BCUT2D eigenvalue weighted by Crippen LogP contribution is 2.29. The van der Waals surface area contributed by atoms with Crippen LogP contribution in [-0.2, 0) is 4.74 Å². The van der Waals surface area contributed by atoms with Gasteiger partial charge in [-0.15, -0.1) is 0 Å². The molecule has 1 heterocycles. The summed E-state index contributed by atoms with van der Waals surface area (Å²) in [6.07, 6.45) is 1.70. The number of pyridine rings is 1. The summed E-state index contributed by atoms with van der Waals surface area (Å²) >= 11 is 0. The molecular weight excluding hydrogens is 304 g/mol. The van der Waals surface area contributed by atoms with E-state index >= 15 is 0 Å². The molecule has 1 aromatic heterocycles. The number of phenolic OH excluding ortho intramolecular Hbond substituents is 1. The van der Waals surface area contributed by atoms with Crippen LogP contribution in [0.1, 0.15) is 22.8 Å². The summed E-state index contributed by atoms with van der Waals surface area (Å²) in [7, 11) is 0. The van der Waals surface area contributed by atoms with Crippen molar-refractivity contribution < 1.29 is 14.6 Å². The van der Waals surface area contributed by atoms with E-state index in [-0.39, 0.29) is 11.7 Å². The SMILES string of the molecule is CCOC(=O)c1ccc2nccc(Nc3cc(O)ccc3C)c2c1. The van der Waals surface area contributed by atoms with Gasteiger partial charge < -0.3 is 15.2 Å². The fourth-order valence-electron chi connectivity index (χ4n) is 2.49. The van der Waals surface area contributed by atoms with Crippen molar-refractivity contribution in [2.24, 2.45) is 0 Å². The number of carbonyl (C=O) groups excluding carboxylic acids is 1. The lowest BCUT2D eigenvalue weighted by molar-refractivity contribution is 0.0526. The first-order valence-corrected chi connectivity index (χ1v) is 7.71. The van der Waals surface area contributed by atoms with Gasteiger partial charge in [0, 0.05) is 29.0 Å². The molecule has 0 fully saturated rings. The molecule has 0 saturated heterocycles. The smallest absolute Gasteiger partial charge is 0.338 e. The van der Waals surface area contributed by atoms with Gasteiger partial charge in [-0.3, -0.25) is 4.98 Å². The fourth-order valence-corrected chi connectivity index (χ4v) is 2.49. The third-order valence-corrected chi connectivity index (χ3v) is 3.74. The summed E-state index contributed by atoms with van der Waals surface area (Å²) in [5, 5.41) is 13.8. The molecule has 2 N–H and O–H groups in total. The Hall–Kier alpha value is -3.08. The van der Waals surface area contributed by atoms with Crippen LogP contribution in [0.15, 0.2) is 48.7 Å². The molecule has 0 amide bonds. The number of nitrogens with one attached hydrogen (secondary N) is 1. The Morgan fingerprint density at radius 1 is 1.17 bits per heavy atom. The number of rotatable bonds is 4. The minimum atomic E-state index is -0.359. The summed E-state index contributed by atoms with van der Waals surface area (Å²) in [5.74, 6) is -0.170. The van der Waals surface area contributed by atoms with Crippen LogP contribution in [0.2, 0.25) is 0 Å². The van der Waals surface area contributed by atoms with Crippen molar-refractivity contribution in [2.75, 3.05) is 11.9 Å². The van der Waals surface area contributed by atoms with Crippen LogP contribution in [0.3, 0.4) is 0 Å². The van der Waals surface area contributed by atoms with E-state index in [9.17, 15) is 9.90 Å². The molecule has 0 aliphatic heterocycles. The lowest BCUT2D eigenvalue weighted by Crippen LogP contribution is -2.04. The molecule has 0 aliphatic rings. The Bertz CT molecular complexity index is 906. The molecule has 5 heteroatoms. The predicted octanol–water partition coefficient (Wildman–Crippen LogP) is 4.17. The molecule has 0 bridgehead atoms. The highest BCUT2D eigenvalue weighted by atomic mass is 16.5. The number of hydrogen-bond donors (Lipinski definition) is 2. The Morgan fingerprint density at radius 3 is 2.79 bits per heavy atom. The normalized spacial score (nSPS) is 10.6. The largest absolute Gasteiger partial charge is 0.508 e. The number of ether oxygens (including phenoxy) is 1. The number of aromatic nitrogens is 1. The van der Waals surface area contributed by atoms with Crippen LogP contribution >= 0.6 is 0 Å². The summed E-state index contributed by atoms with van der Waals surface area (Å²) in [4.78, 5) is 16.3. The van der Waals surface area contributed by atoms with Crippen LogP contribution in [0.25, 0.3) is 10.9 Å². The number of aryl methyl sites for hydroxylation is 1. The molecule has 5 nitrogen and oxygen atoms in total. The van der Waals surface area contributed by atoms with Crippen LogP contribution in [0, 0.1) is 6.92 Å². The van der Waals surface area contributed by atoms with Crippen molar-refractivity contribution in [3.8, 4) is 5.75 Å². The molecule has 122 valence electrons. The zero-order valence-corrected chi connectivity index (χ0v) is 13.5. The second-order valence-electron chi connectivity index (χ2n) is 5.44. The zero-order chi connectivity index (χ0) is 17.1. The van der Waals surface area contributed by atoms with Crippen molar-refractivity contribution in [3.63, 3.8) is 0 Å². The van der Waals surface area contributed by atoms with Gasteiger partial charge >= 0.3 is 5.97 Å². The Labute approximate surface area is 139 Å². The maximum absolute atomic E-state index is 12.0. The topological polar surface area (TPSA) is 71.5 Å². The van der Waals surface area contributed by atoms with Crippen LogP contribution < -0.4 is 5.32 Å². The highest BCUT2D eigenvalue weighted by Gasteiger charge is 2.10. The molecule has 0 saturated carbocycles. The quantitative estimate of drug-likeness (QED) is 0.705. The lowest BCUT2D eigenvalue weighted by Gasteiger charge is -2.13. The fraction of sp³-hybridized carbons (Fsp3) is 0.158. The van der Waals surface area contributed by atoms with Gasteiger partial charge in [-0.05, 0) is 49.7 Å². The number of hydrogen-bond acceptors (Lipinski definition) is 5. The highest BCUT2D eigenvalue weighted by molar-refractivity contribution is 5.99. The number of fused-ring (bicyclic) bond motifs is 1. The van der Waals surface area contributed by atoms with E-state index in [0.29, 0.717) is 12.2 Å². The average Bonchev–Trinajstić information content (AvgIpc) is 2.58. The average molecular weight is 322 g/mol. The van der Waals surface area contributed by atoms with Gasteiger partial charge in [0.05, 0.1) is 17.7 Å².